The first-order chi connectivity index (χ1) is 12.2. The van der Waals surface area contributed by atoms with Gasteiger partial charge in [-0.25, -0.2) is 0 Å². The molecule has 6 heteroatoms. The highest BCUT2D eigenvalue weighted by Gasteiger charge is 2.30. The summed E-state index contributed by atoms with van der Waals surface area (Å²) in [6, 6.07) is 15.7. The minimum atomic E-state index is -0.179. The van der Waals surface area contributed by atoms with Gasteiger partial charge in [-0.1, -0.05) is 53.7 Å². The number of hydrogen-bond donors (Lipinski definition) is 1. The molecule has 0 bridgehead atoms. The van der Waals surface area contributed by atoms with Gasteiger partial charge in [-0.3, -0.25) is 4.79 Å². The van der Waals surface area contributed by atoms with Crippen LogP contribution in [0.15, 0.2) is 58.7 Å². The summed E-state index contributed by atoms with van der Waals surface area (Å²) in [6.07, 6.45) is 2.29. The van der Waals surface area contributed by atoms with Crippen molar-refractivity contribution >= 4 is 29.1 Å². The van der Waals surface area contributed by atoms with E-state index < -0.39 is 0 Å². The SMILES string of the molecule is COc1ccccc1C=N/N=C1\NC(=O)[C@@H](Cc2cccc(C)c2)S1. The third kappa shape index (κ3) is 4.48. The van der Waals surface area contributed by atoms with Crippen molar-refractivity contribution in [3.8, 4) is 5.75 Å². The highest BCUT2D eigenvalue weighted by atomic mass is 32.2. The molecule has 1 aliphatic heterocycles. The Morgan fingerprint density at radius 1 is 1.24 bits per heavy atom. The number of para-hydroxylation sites is 1. The summed E-state index contributed by atoms with van der Waals surface area (Å²) in [6.45, 7) is 2.05. The van der Waals surface area contributed by atoms with Crippen LogP contribution in [0.1, 0.15) is 16.7 Å². The Morgan fingerprint density at radius 3 is 2.88 bits per heavy atom. The number of rotatable bonds is 5. The second-order valence-corrected chi connectivity index (χ2v) is 6.87. The molecule has 2 aromatic rings. The van der Waals surface area contributed by atoms with Crippen LogP contribution in [0.4, 0.5) is 0 Å². The topological polar surface area (TPSA) is 63.1 Å². The number of hydrogen-bond acceptors (Lipinski definition) is 5. The van der Waals surface area contributed by atoms with Crippen molar-refractivity contribution in [2.45, 2.75) is 18.6 Å². The molecule has 1 fully saturated rings. The van der Waals surface area contributed by atoms with Crippen molar-refractivity contribution in [2.75, 3.05) is 7.11 Å². The molecule has 0 spiro atoms. The van der Waals surface area contributed by atoms with E-state index in [1.54, 1.807) is 13.3 Å². The summed E-state index contributed by atoms with van der Waals surface area (Å²) in [4.78, 5) is 12.1. The summed E-state index contributed by atoms with van der Waals surface area (Å²) in [7, 11) is 1.61. The maximum atomic E-state index is 12.1. The number of methoxy groups -OCH3 is 1. The van der Waals surface area contributed by atoms with E-state index in [0.717, 1.165) is 16.9 Å². The Morgan fingerprint density at radius 2 is 2.08 bits per heavy atom. The maximum absolute atomic E-state index is 12.1. The summed E-state index contributed by atoms with van der Waals surface area (Å²) < 4.78 is 5.26. The minimum Gasteiger partial charge on any atom is -0.496 e. The number of ether oxygens (including phenoxy) is 1. The zero-order chi connectivity index (χ0) is 17.6. The predicted molar refractivity (Wildman–Crippen MR) is 102 cm³/mol. The van der Waals surface area contributed by atoms with Crippen LogP contribution in [-0.4, -0.2) is 29.6 Å². The molecule has 0 radical (unpaired) electrons. The Labute approximate surface area is 151 Å². The first-order valence-electron chi connectivity index (χ1n) is 7.93. The highest BCUT2D eigenvalue weighted by Crippen LogP contribution is 2.24. The molecule has 1 saturated heterocycles. The van der Waals surface area contributed by atoms with Crippen molar-refractivity contribution in [3.63, 3.8) is 0 Å². The number of aryl methyl sites for hydroxylation is 1. The summed E-state index contributed by atoms with van der Waals surface area (Å²) >= 11 is 1.41. The molecule has 128 valence electrons. The van der Waals surface area contributed by atoms with Gasteiger partial charge in [0.15, 0.2) is 5.17 Å². The number of amides is 1. The number of carbonyl (C=O) groups excluding carboxylic acids is 1. The molecule has 1 atom stereocenters. The monoisotopic (exact) mass is 353 g/mol. The van der Waals surface area contributed by atoms with Crippen molar-refractivity contribution < 1.29 is 9.53 Å². The lowest BCUT2D eigenvalue weighted by Crippen LogP contribution is -2.25. The Kier molecular flexibility index (Phi) is 5.50. The molecule has 3 rings (SSSR count). The number of nitrogens with one attached hydrogen (secondary N) is 1. The van der Waals surface area contributed by atoms with E-state index in [9.17, 15) is 4.79 Å². The minimum absolute atomic E-state index is 0.0299. The van der Waals surface area contributed by atoms with E-state index in [1.807, 2.05) is 49.4 Å². The smallest absolute Gasteiger partial charge is 0.239 e. The van der Waals surface area contributed by atoms with Gasteiger partial charge in [0, 0.05) is 5.56 Å². The van der Waals surface area contributed by atoms with Crippen LogP contribution in [0.5, 0.6) is 5.75 Å². The van der Waals surface area contributed by atoms with Crippen LogP contribution < -0.4 is 10.1 Å². The van der Waals surface area contributed by atoms with Gasteiger partial charge in [-0.15, -0.1) is 5.10 Å². The van der Waals surface area contributed by atoms with Crippen molar-refractivity contribution in [2.24, 2.45) is 10.2 Å². The molecule has 1 heterocycles. The second-order valence-electron chi connectivity index (χ2n) is 5.68. The molecule has 1 aliphatic rings. The second kappa shape index (κ2) is 7.98. The zero-order valence-corrected chi connectivity index (χ0v) is 14.9. The molecule has 1 N–H and O–H groups in total. The average molecular weight is 353 g/mol. The van der Waals surface area contributed by atoms with Crippen molar-refractivity contribution in [3.05, 3.63) is 65.2 Å². The van der Waals surface area contributed by atoms with Gasteiger partial charge in [0.2, 0.25) is 5.91 Å². The molecular weight excluding hydrogens is 334 g/mol. The molecular formula is C19H19N3O2S. The van der Waals surface area contributed by atoms with Gasteiger partial charge < -0.3 is 10.1 Å². The van der Waals surface area contributed by atoms with Crippen LogP contribution in [0, 0.1) is 6.92 Å². The van der Waals surface area contributed by atoms with Gasteiger partial charge >= 0.3 is 0 Å². The van der Waals surface area contributed by atoms with E-state index in [-0.39, 0.29) is 11.2 Å². The molecule has 25 heavy (non-hydrogen) atoms. The fourth-order valence-corrected chi connectivity index (χ4v) is 3.52. The molecule has 1 amide bonds. The molecule has 2 aromatic carbocycles. The van der Waals surface area contributed by atoms with Gasteiger partial charge in [0.05, 0.1) is 18.6 Å². The average Bonchev–Trinajstić information content (AvgIpc) is 2.95. The highest BCUT2D eigenvalue weighted by molar-refractivity contribution is 8.15. The number of benzene rings is 2. The Hall–Kier alpha value is -2.60. The standard InChI is InChI=1S/C19H19N3O2S/c1-13-6-5-7-14(10-13)11-17-18(23)21-19(25-17)22-20-12-15-8-3-4-9-16(15)24-2/h3-10,12,17H,11H2,1-2H3,(H,21,22,23)/t17-/m1/s1. The van der Waals surface area contributed by atoms with E-state index in [0.29, 0.717) is 11.6 Å². The largest absolute Gasteiger partial charge is 0.496 e. The fraction of sp³-hybridized carbons (Fsp3) is 0.211. The first-order valence-corrected chi connectivity index (χ1v) is 8.81. The third-order valence-electron chi connectivity index (χ3n) is 3.76. The number of nitrogens with zero attached hydrogens (tertiary/aromatic N) is 2. The lowest BCUT2D eigenvalue weighted by atomic mass is 10.1. The van der Waals surface area contributed by atoms with Crippen molar-refractivity contribution in [1.29, 1.82) is 0 Å². The number of carbonyl (C=O) groups is 1. The van der Waals surface area contributed by atoms with E-state index in [4.69, 9.17) is 4.74 Å². The van der Waals surface area contributed by atoms with Crippen LogP contribution in [0.25, 0.3) is 0 Å². The summed E-state index contributed by atoms with van der Waals surface area (Å²) in [5.41, 5.74) is 3.17. The van der Waals surface area contributed by atoms with Gasteiger partial charge in [-0.2, -0.15) is 5.10 Å². The Balaban J connectivity index is 1.65. The van der Waals surface area contributed by atoms with E-state index in [2.05, 4.69) is 21.6 Å². The van der Waals surface area contributed by atoms with E-state index in [1.165, 1.54) is 17.3 Å². The lowest BCUT2D eigenvalue weighted by molar-refractivity contribution is -0.118. The molecule has 0 unspecified atom stereocenters. The molecule has 0 aromatic heterocycles. The number of amidine groups is 1. The van der Waals surface area contributed by atoms with Crippen molar-refractivity contribution in [1.82, 2.24) is 5.32 Å². The zero-order valence-electron chi connectivity index (χ0n) is 14.1. The molecule has 5 nitrogen and oxygen atoms in total. The maximum Gasteiger partial charge on any atom is 0.239 e. The normalized spacial score (nSPS) is 18.7. The third-order valence-corrected chi connectivity index (χ3v) is 4.84. The Bertz CT molecular complexity index is 833. The molecule has 0 aliphatic carbocycles. The first kappa shape index (κ1) is 17.2. The summed E-state index contributed by atoms with van der Waals surface area (Å²) in [5.74, 6) is 0.699. The predicted octanol–water partition coefficient (Wildman–Crippen LogP) is 3.17. The van der Waals surface area contributed by atoms with Crippen LogP contribution >= 0.6 is 11.8 Å². The number of thioether (sulfide) groups is 1. The molecule has 0 saturated carbocycles. The lowest BCUT2D eigenvalue weighted by Gasteiger charge is -2.05. The van der Waals surface area contributed by atoms with Crippen LogP contribution in [-0.2, 0) is 11.2 Å². The quantitative estimate of drug-likeness (QED) is 0.663. The van der Waals surface area contributed by atoms with Crippen LogP contribution in [0.3, 0.4) is 0 Å². The fourth-order valence-electron chi connectivity index (χ4n) is 2.56. The van der Waals surface area contributed by atoms with E-state index >= 15 is 0 Å². The van der Waals surface area contributed by atoms with Crippen LogP contribution in [0.2, 0.25) is 0 Å². The van der Waals surface area contributed by atoms with Gasteiger partial charge in [0.1, 0.15) is 5.75 Å². The summed E-state index contributed by atoms with van der Waals surface area (Å²) in [5, 5.41) is 11.3. The van der Waals surface area contributed by atoms with Gasteiger partial charge in [0.25, 0.3) is 0 Å². The van der Waals surface area contributed by atoms with Gasteiger partial charge in [-0.05, 0) is 31.0 Å².